The quantitative estimate of drug-likeness (QED) is 0.690. The van der Waals surface area contributed by atoms with Gasteiger partial charge in [-0.05, 0) is 37.6 Å². The van der Waals surface area contributed by atoms with Crippen LogP contribution in [0.2, 0.25) is 0 Å². The average Bonchev–Trinajstić information content (AvgIpc) is 2.35. The predicted molar refractivity (Wildman–Crippen MR) is 72.6 cm³/mol. The zero-order valence-electron chi connectivity index (χ0n) is 11.2. The first-order chi connectivity index (χ1) is 8.72. The number of rotatable bonds is 8. The van der Waals surface area contributed by atoms with Gasteiger partial charge in [-0.15, -0.1) is 0 Å². The standard InChI is InChI=1S/C14H22N2O2/c1-3-18-14-7-5-13(6-8-14)11-15-9-4-10-16-12(2)17/h5-8,15H,3-4,9-11H2,1-2H3,(H,16,17). The van der Waals surface area contributed by atoms with Crippen LogP contribution in [0.15, 0.2) is 24.3 Å². The summed E-state index contributed by atoms with van der Waals surface area (Å²) in [5, 5.41) is 6.10. The van der Waals surface area contributed by atoms with Crippen LogP contribution >= 0.6 is 0 Å². The molecule has 0 fully saturated rings. The fourth-order valence-electron chi connectivity index (χ4n) is 1.58. The van der Waals surface area contributed by atoms with Crippen LogP contribution in [0.4, 0.5) is 0 Å². The molecule has 4 nitrogen and oxygen atoms in total. The Morgan fingerprint density at radius 3 is 2.56 bits per heavy atom. The molecule has 2 N–H and O–H groups in total. The maximum absolute atomic E-state index is 10.6. The van der Waals surface area contributed by atoms with Gasteiger partial charge in [0.05, 0.1) is 6.61 Å². The van der Waals surface area contributed by atoms with Gasteiger partial charge in [0.2, 0.25) is 5.91 Å². The lowest BCUT2D eigenvalue weighted by atomic mass is 10.2. The van der Waals surface area contributed by atoms with Crippen LogP contribution in [0.5, 0.6) is 5.75 Å². The Balaban J connectivity index is 2.13. The summed E-state index contributed by atoms with van der Waals surface area (Å²) < 4.78 is 5.38. The highest BCUT2D eigenvalue weighted by Gasteiger charge is 1.95. The highest BCUT2D eigenvalue weighted by atomic mass is 16.5. The van der Waals surface area contributed by atoms with Crippen LogP contribution in [0, 0.1) is 0 Å². The lowest BCUT2D eigenvalue weighted by Gasteiger charge is -2.07. The van der Waals surface area contributed by atoms with Crippen molar-refractivity contribution in [2.24, 2.45) is 0 Å². The molecule has 0 unspecified atom stereocenters. The third kappa shape index (κ3) is 6.25. The lowest BCUT2D eigenvalue weighted by molar-refractivity contribution is -0.118. The summed E-state index contributed by atoms with van der Waals surface area (Å²) >= 11 is 0. The molecule has 0 aliphatic carbocycles. The maximum Gasteiger partial charge on any atom is 0.216 e. The minimum absolute atomic E-state index is 0.0292. The van der Waals surface area contributed by atoms with Crippen molar-refractivity contribution in [3.63, 3.8) is 0 Å². The molecule has 0 atom stereocenters. The largest absolute Gasteiger partial charge is 0.494 e. The number of ether oxygens (including phenoxy) is 1. The Morgan fingerprint density at radius 2 is 1.94 bits per heavy atom. The molecule has 0 radical (unpaired) electrons. The molecule has 1 amide bonds. The van der Waals surface area contributed by atoms with Gasteiger partial charge >= 0.3 is 0 Å². The van der Waals surface area contributed by atoms with Crippen molar-refractivity contribution in [1.82, 2.24) is 10.6 Å². The minimum Gasteiger partial charge on any atom is -0.494 e. The van der Waals surface area contributed by atoms with Crippen molar-refractivity contribution >= 4 is 5.91 Å². The van der Waals surface area contributed by atoms with E-state index in [1.54, 1.807) is 0 Å². The molecule has 0 bridgehead atoms. The number of carbonyl (C=O) groups excluding carboxylic acids is 1. The first kappa shape index (κ1) is 14.5. The van der Waals surface area contributed by atoms with Crippen molar-refractivity contribution in [2.75, 3.05) is 19.7 Å². The zero-order chi connectivity index (χ0) is 13.2. The lowest BCUT2D eigenvalue weighted by Crippen LogP contribution is -2.24. The molecular formula is C14H22N2O2. The van der Waals surface area contributed by atoms with E-state index in [1.165, 1.54) is 12.5 Å². The smallest absolute Gasteiger partial charge is 0.216 e. The fourth-order valence-corrected chi connectivity index (χ4v) is 1.58. The van der Waals surface area contributed by atoms with E-state index in [9.17, 15) is 4.79 Å². The van der Waals surface area contributed by atoms with Crippen LogP contribution < -0.4 is 15.4 Å². The van der Waals surface area contributed by atoms with Crippen molar-refractivity contribution in [2.45, 2.75) is 26.8 Å². The first-order valence-electron chi connectivity index (χ1n) is 6.39. The molecule has 0 aliphatic heterocycles. The summed E-state index contributed by atoms with van der Waals surface area (Å²) in [5.41, 5.74) is 1.23. The van der Waals surface area contributed by atoms with E-state index in [1.807, 2.05) is 19.1 Å². The van der Waals surface area contributed by atoms with E-state index in [4.69, 9.17) is 4.74 Å². The molecule has 0 heterocycles. The molecule has 0 saturated heterocycles. The molecule has 4 heteroatoms. The summed E-state index contributed by atoms with van der Waals surface area (Å²) in [7, 11) is 0. The Labute approximate surface area is 109 Å². The molecule has 0 saturated carbocycles. The van der Waals surface area contributed by atoms with E-state index in [-0.39, 0.29) is 5.91 Å². The van der Waals surface area contributed by atoms with Crippen LogP contribution in [0.3, 0.4) is 0 Å². The molecule has 100 valence electrons. The van der Waals surface area contributed by atoms with E-state index in [0.717, 1.165) is 31.8 Å². The van der Waals surface area contributed by atoms with Crippen molar-refractivity contribution in [3.05, 3.63) is 29.8 Å². The maximum atomic E-state index is 10.6. The number of nitrogens with one attached hydrogen (secondary N) is 2. The van der Waals surface area contributed by atoms with Crippen LogP contribution in [-0.2, 0) is 11.3 Å². The van der Waals surface area contributed by atoms with Crippen LogP contribution in [0.25, 0.3) is 0 Å². The van der Waals surface area contributed by atoms with Gasteiger partial charge in [-0.25, -0.2) is 0 Å². The van der Waals surface area contributed by atoms with Gasteiger partial charge in [0.25, 0.3) is 0 Å². The van der Waals surface area contributed by atoms with E-state index >= 15 is 0 Å². The number of hydrogen-bond acceptors (Lipinski definition) is 3. The van der Waals surface area contributed by atoms with Gasteiger partial charge in [-0.3, -0.25) is 4.79 Å². The number of hydrogen-bond donors (Lipinski definition) is 2. The Hall–Kier alpha value is -1.55. The molecule has 1 rings (SSSR count). The zero-order valence-corrected chi connectivity index (χ0v) is 11.2. The second-order valence-electron chi connectivity index (χ2n) is 4.09. The van der Waals surface area contributed by atoms with E-state index in [0.29, 0.717) is 6.61 Å². The normalized spacial score (nSPS) is 10.1. The average molecular weight is 250 g/mol. The Morgan fingerprint density at radius 1 is 1.22 bits per heavy atom. The summed E-state index contributed by atoms with van der Waals surface area (Å²) in [6.07, 6.45) is 0.941. The second-order valence-corrected chi connectivity index (χ2v) is 4.09. The summed E-state index contributed by atoms with van der Waals surface area (Å²) in [5.74, 6) is 0.938. The minimum atomic E-state index is 0.0292. The Bertz CT molecular complexity index is 349. The Kier molecular flexibility index (Phi) is 6.87. The van der Waals surface area contributed by atoms with Crippen molar-refractivity contribution < 1.29 is 9.53 Å². The van der Waals surface area contributed by atoms with Crippen molar-refractivity contribution in [3.8, 4) is 5.75 Å². The van der Waals surface area contributed by atoms with Gasteiger partial charge in [-0.1, -0.05) is 12.1 Å². The third-order valence-corrected chi connectivity index (χ3v) is 2.47. The van der Waals surface area contributed by atoms with Gasteiger partial charge in [0.1, 0.15) is 5.75 Å². The molecule has 0 aromatic heterocycles. The highest BCUT2D eigenvalue weighted by Crippen LogP contribution is 2.11. The van der Waals surface area contributed by atoms with E-state index in [2.05, 4.69) is 22.8 Å². The number of benzene rings is 1. The van der Waals surface area contributed by atoms with Crippen molar-refractivity contribution in [1.29, 1.82) is 0 Å². The monoisotopic (exact) mass is 250 g/mol. The summed E-state index contributed by atoms with van der Waals surface area (Å²) in [6.45, 7) is 6.67. The molecule has 1 aromatic rings. The number of carbonyl (C=O) groups is 1. The summed E-state index contributed by atoms with van der Waals surface area (Å²) in [4.78, 5) is 10.6. The van der Waals surface area contributed by atoms with Crippen LogP contribution in [0.1, 0.15) is 25.8 Å². The number of amides is 1. The molecular weight excluding hydrogens is 228 g/mol. The fraction of sp³-hybridized carbons (Fsp3) is 0.500. The summed E-state index contributed by atoms with van der Waals surface area (Å²) in [6, 6.07) is 8.09. The van der Waals surface area contributed by atoms with Gasteiger partial charge in [-0.2, -0.15) is 0 Å². The molecule has 0 spiro atoms. The topological polar surface area (TPSA) is 50.4 Å². The molecule has 0 aliphatic rings. The van der Waals surface area contributed by atoms with Gasteiger partial charge in [0.15, 0.2) is 0 Å². The molecule has 18 heavy (non-hydrogen) atoms. The third-order valence-electron chi connectivity index (χ3n) is 2.47. The van der Waals surface area contributed by atoms with Crippen LogP contribution in [-0.4, -0.2) is 25.6 Å². The van der Waals surface area contributed by atoms with E-state index < -0.39 is 0 Å². The highest BCUT2D eigenvalue weighted by molar-refractivity contribution is 5.72. The predicted octanol–water partition coefficient (Wildman–Crippen LogP) is 1.70. The SMILES string of the molecule is CCOc1ccc(CNCCCNC(C)=O)cc1. The second kappa shape index (κ2) is 8.53. The first-order valence-corrected chi connectivity index (χ1v) is 6.39. The molecule has 1 aromatic carbocycles. The van der Waals surface area contributed by atoms with Gasteiger partial charge < -0.3 is 15.4 Å². The van der Waals surface area contributed by atoms with Gasteiger partial charge in [0, 0.05) is 20.0 Å².